The average molecular weight is 765 g/mol. The summed E-state index contributed by atoms with van der Waals surface area (Å²) < 4.78 is 2.47. The van der Waals surface area contributed by atoms with Crippen molar-refractivity contribution in [2.24, 2.45) is 0 Å². The number of aromatic nitrogens is 1. The Morgan fingerprint density at radius 2 is 0.867 bits per heavy atom. The van der Waals surface area contributed by atoms with Gasteiger partial charge in [-0.15, -0.1) is 0 Å². The zero-order valence-electron chi connectivity index (χ0n) is 33.0. The molecule has 11 aromatic rings. The molecule has 1 aromatic heterocycles. The second-order valence-electron chi connectivity index (χ2n) is 15.3. The lowest BCUT2D eigenvalue weighted by Gasteiger charge is -2.29. The van der Waals surface area contributed by atoms with E-state index in [0.717, 1.165) is 50.5 Å². The van der Waals surface area contributed by atoms with Gasteiger partial charge in [-0.1, -0.05) is 194 Å². The molecule has 282 valence electrons. The molecule has 11 rings (SSSR count). The Balaban J connectivity index is 1.19. The summed E-state index contributed by atoms with van der Waals surface area (Å²) in [5.74, 6) is 0. The molecule has 0 radical (unpaired) electrons. The van der Waals surface area contributed by atoms with E-state index in [1.165, 1.54) is 49.4 Å². The minimum absolute atomic E-state index is 1.08. The SMILES string of the molecule is c1ccc(-c2ccc(N(c3cc(-c4ccccc4)ccc3-c3ccccc3)c3cccc4c3c3ccccc3n4-c3ccccc3-c3ccc4ccccc4c3)cc2)cc1. The number of anilines is 3. The monoisotopic (exact) mass is 764 g/mol. The van der Waals surface area contributed by atoms with Gasteiger partial charge in [0.15, 0.2) is 0 Å². The van der Waals surface area contributed by atoms with E-state index in [1.807, 2.05) is 0 Å². The lowest BCUT2D eigenvalue weighted by atomic mass is 9.96. The molecule has 0 aliphatic heterocycles. The molecule has 0 amide bonds. The average Bonchev–Trinajstić information content (AvgIpc) is 3.67. The smallest absolute Gasteiger partial charge is 0.0562 e. The first-order valence-corrected chi connectivity index (χ1v) is 20.6. The van der Waals surface area contributed by atoms with Crippen molar-refractivity contribution in [3.63, 3.8) is 0 Å². The van der Waals surface area contributed by atoms with Gasteiger partial charge in [0.1, 0.15) is 0 Å². The second-order valence-corrected chi connectivity index (χ2v) is 15.3. The predicted octanol–water partition coefficient (Wildman–Crippen LogP) is 16.1. The van der Waals surface area contributed by atoms with E-state index in [9.17, 15) is 0 Å². The summed E-state index contributed by atoms with van der Waals surface area (Å²) in [4.78, 5) is 2.48. The van der Waals surface area contributed by atoms with E-state index in [0.29, 0.717) is 0 Å². The van der Waals surface area contributed by atoms with Crippen LogP contribution in [0.15, 0.2) is 243 Å². The van der Waals surface area contributed by atoms with Crippen LogP contribution in [0.25, 0.3) is 82.8 Å². The van der Waals surface area contributed by atoms with Gasteiger partial charge in [0.05, 0.1) is 28.1 Å². The molecule has 0 fully saturated rings. The third-order valence-electron chi connectivity index (χ3n) is 11.8. The van der Waals surface area contributed by atoms with Crippen molar-refractivity contribution in [2.75, 3.05) is 4.90 Å². The Bertz CT molecular complexity index is 3290. The van der Waals surface area contributed by atoms with Gasteiger partial charge in [-0.2, -0.15) is 0 Å². The van der Waals surface area contributed by atoms with Gasteiger partial charge in [0.25, 0.3) is 0 Å². The summed E-state index contributed by atoms with van der Waals surface area (Å²) in [5, 5.41) is 4.86. The van der Waals surface area contributed by atoms with Gasteiger partial charge in [-0.25, -0.2) is 0 Å². The number of benzene rings is 10. The van der Waals surface area contributed by atoms with Gasteiger partial charge in [0.2, 0.25) is 0 Å². The highest BCUT2D eigenvalue weighted by molar-refractivity contribution is 6.17. The Labute approximate surface area is 350 Å². The third kappa shape index (κ3) is 6.23. The van der Waals surface area contributed by atoms with E-state index < -0.39 is 0 Å². The van der Waals surface area contributed by atoms with Crippen molar-refractivity contribution in [1.29, 1.82) is 0 Å². The Hall–Kier alpha value is -7.94. The van der Waals surface area contributed by atoms with E-state index in [-0.39, 0.29) is 0 Å². The first kappa shape index (κ1) is 35.2. The first-order chi connectivity index (χ1) is 29.8. The molecule has 0 saturated carbocycles. The van der Waals surface area contributed by atoms with Crippen molar-refractivity contribution in [2.45, 2.75) is 0 Å². The Morgan fingerprint density at radius 3 is 1.63 bits per heavy atom. The van der Waals surface area contributed by atoms with Crippen LogP contribution in [0, 0.1) is 0 Å². The van der Waals surface area contributed by atoms with Crippen LogP contribution >= 0.6 is 0 Å². The maximum Gasteiger partial charge on any atom is 0.0562 e. The van der Waals surface area contributed by atoms with Crippen molar-refractivity contribution in [3.05, 3.63) is 243 Å². The standard InChI is InChI=1S/C58H40N2/c1-4-17-41(18-5-1)44-33-36-49(37-34-44)59(57-40-47(42-19-6-2-7-20-42)35-38-51(57)45-22-8-3-9-23-45)55-29-16-30-56-58(55)52-26-13-15-28-54(52)60(56)53-27-14-12-25-50(53)48-32-31-43-21-10-11-24-46(43)39-48/h1-40H. The van der Waals surface area contributed by atoms with E-state index >= 15 is 0 Å². The second kappa shape index (κ2) is 15.1. The van der Waals surface area contributed by atoms with Crippen LogP contribution in [-0.4, -0.2) is 4.57 Å². The van der Waals surface area contributed by atoms with Crippen LogP contribution in [0.4, 0.5) is 17.1 Å². The number of para-hydroxylation sites is 2. The molecule has 2 nitrogen and oxygen atoms in total. The number of hydrogen-bond donors (Lipinski definition) is 0. The molecule has 0 spiro atoms. The number of nitrogens with zero attached hydrogens (tertiary/aromatic N) is 2. The largest absolute Gasteiger partial charge is 0.309 e. The van der Waals surface area contributed by atoms with Crippen LogP contribution in [-0.2, 0) is 0 Å². The molecule has 0 unspecified atom stereocenters. The quantitative estimate of drug-likeness (QED) is 0.150. The molecule has 0 atom stereocenters. The highest BCUT2D eigenvalue weighted by atomic mass is 15.2. The zero-order chi connectivity index (χ0) is 39.8. The molecule has 10 aromatic carbocycles. The normalized spacial score (nSPS) is 11.3. The van der Waals surface area contributed by atoms with Crippen molar-refractivity contribution in [1.82, 2.24) is 4.57 Å². The fraction of sp³-hybridized carbons (Fsp3) is 0. The maximum atomic E-state index is 2.48. The minimum atomic E-state index is 1.08. The molecule has 0 N–H and O–H groups in total. The lowest BCUT2D eigenvalue weighted by Crippen LogP contribution is -2.12. The summed E-state index contributed by atoms with van der Waals surface area (Å²) in [5.41, 5.74) is 16.2. The van der Waals surface area contributed by atoms with Crippen LogP contribution in [0.1, 0.15) is 0 Å². The third-order valence-corrected chi connectivity index (χ3v) is 11.8. The van der Waals surface area contributed by atoms with E-state index in [2.05, 4.69) is 252 Å². The van der Waals surface area contributed by atoms with Crippen molar-refractivity contribution >= 4 is 49.6 Å². The van der Waals surface area contributed by atoms with Gasteiger partial charge in [-0.3, -0.25) is 0 Å². The molecule has 1 heterocycles. The lowest BCUT2D eigenvalue weighted by molar-refractivity contribution is 1.18. The first-order valence-electron chi connectivity index (χ1n) is 20.6. The highest BCUT2D eigenvalue weighted by Gasteiger charge is 2.24. The summed E-state index contributed by atoms with van der Waals surface area (Å²) in [6.07, 6.45) is 0. The molecule has 0 aliphatic rings. The van der Waals surface area contributed by atoms with Crippen LogP contribution in [0.3, 0.4) is 0 Å². The fourth-order valence-corrected chi connectivity index (χ4v) is 8.95. The summed E-state index contributed by atoms with van der Waals surface area (Å²) in [6.45, 7) is 0. The molecule has 2 heteroatoms. The van der Waals surface area contributed by atoms with E-state index in [1.54, 1.807) is 0 Å². The summed E-state index contributed by atoms with van der Waals surface area (Å²) in [7, 11) is 0. The maximum absolute atomic E-state index is 2.48. The molecule has 0 bridgehead atoms. The topological polar surface area (TPSA) is 8.17 Å². The molecule has 60 heavy (non-hydrogen) atoms. The van der Waals surface area contributed by atoms with Gasteiger partial charge in [0, 0.05) is 27.6 Å². The Morgan fingerprint density at radius 1 is 0.300 bits per heavy atom. The molecule has 0 aliphatic carbocycles. The number of hydrogen-bond acceptors (Lipinski definition) is 1. The van der Waals surface area contributed by atoms with Gasteiger partial charge >= 0.3 is 0 Å². The van der Waals surface area contributed by atoms with E-state index in [4.69, 9.17) is 0 Å². The van der Waals surface area contributed by atoms with Crippen LogP contribution in [0.2, 0.25) is 0 Å². The zero-order valence-corrected chi connectivity index (χ0v) is 33.0. The minimum Gasteiger partial charge on any atom is -0.309 e. The van der Waals surface area contributed by atoms with Crippen molar-refractivity contribution < 1.29 is 0 Å². The molecular weight excluding hydrogens is 725 g/mol. The van der Waals surface area contributed by atoms with Crippen LogP contribution < -0.4 is 4.90 Å². The number of fused-ring (bicyclic) bond motifs is 4. The van der Waals surface area contributed by atoms with Gasteiger partial charge < -0.3 is 9.47 Å². The Kier molecular flexibility index (Phi) is 8.87. The fourth-order valence-electron chi connectivity index (χ4n) is 8.95. The van der Waals surface area contributed by atoms with Gasteiger partial charge in [-0.05, 0) is 92.7 Å². The van der Waals surface area contributed by atoms with Crippen molar-refractivity contribution in [3.8, 4) is 50.2 Å². The number of rotatable bonds is 8. The predicted molar refractivity (Wildman–Crippen MR) is 255 cm³/mol. The molecular formula is C58H40N2. The highest BCUT2D eigenvalue weighted by Crippen LogP contribution is 2.48. The summed E-state index contributed by atoms with van der Waals surface area (Å²) >= 11 is 0. The summed E-state index contributed by atoms with van der Waals surface area (Å²) in [6, 6.07) is 88.0. The van der Waals surface area contributed by atoms with Crippen LogP contribution in [0.5, 0.6) is 0 Å². The molecule has 0 saturated heterocycles.